The predicted molar refractivity (Wildman–Crippen MR) is 81.9 cm³/mol. The fourth-order valence-electron chi connectivity index (χ4n) is 2.76. The molecule has 2 N–H and O–H groups in total. The van der Waals surface area contributed by atoms with Crippen LogP contribution in [0.3, 0.4) is 0 Å². The molecule has 1 heterocycles. The maximum Gasteiger partial charge on any atom is 0.323 e. The summed E-state index contributed by atoms with van der Waals surface area (Å²) in [5, 5.41) is 0. The molecule has 124 valence electrons. The lowest BCUT2D eigenvalue weighted by Gasteiger charge is -2.31. The van der Waals surface area contributed by atoms with Gasteiger partial charge in [0.25, 0.3) is 0 Å². The number of rotatable bonds is 6. The van der Waals surface area contributed by atoms with Crippen LogP contribution in [0.5, 0.6) is 0 Å². The van der Waals surface area contributed by atoms with Crippen molar-refractivity contribution >= 4 is 5.97 Å². The van der Waals surface area contributed by atoms with E-state index in [4.69, 9.17) is 19.9 Å². The Kier molecular flexibility index (Phi) is 8.22. The summed E-state index contributed by atoms with van der Waals surface area (Å²) >= 11 is 0. The third-order valence-corrected chi connectivity index (χ3v) is 3.94. The van der Waals surface area contributed by atoms with Crippen molar-refractivity contribution in [1.29, 1.82) is 0 Å². The van der Waals surface area contributed by atoms with Gasteiger partial charge in [-0.15, -0.1) is 0 Å². The SMILES string of the molecule is COCC[C@H]1CCC[C@H](N)C(=O)O[C@@H](C)[C@@H]1OCC(C)C. The lowest BCUT2D eigenvalue weighted by molar-refractivity contribution is -0.161. The summed E-state index contributed by atoms with van der Waals surface area (Å²) in [6.07, 6.45) is 3.13. The summed E-state index contributed by atoms with van der Waals surface area (Å²) in [4.78, 5) is 11.9. The molecule has 0 aromatic carbocycles. The summed E-state index contributed by atoms with van der Waals surface area (Å²) in [6.45, 7) is 7.50. The Bertz CT molecular complexity index is 309. The quantitative estimate of drug-likeness (QED) is 0.761. The van der Waals surface area contributed by atoms with Gasteiger partial charge in [0.1, 0.15) is 12.1 Å². The van der Waals surface area contributed by atoms with Crippen LogP contribution in [0.25, 0.3) is 0 Å². The normalized spacial score (nSPS) is 31.4. The molecule has 0 unspecified atom stereocenters. The molecular weight excluding hydrogens is 270 g/mol. The number of hydrogen-bond acceptors (Lipinski definition) is 5. The Hall–Kier alpha value is -0.650. The van der Waals surface area contributed by atoms with E-state index in [9.17, 15) is 4.79 Å². The van der Waals surface area contributed by atoms with E-state index in [1.54, 1.807) is 7.11 Å². The Morgan fingerprint density at radius 2 is 2.10 bits per heavy atom. The monoisotopic (exact) mass is 301 g/mol. The number of cyclic esters (lactones) is 1. The number of carbonyl (C=O) groups excluding carboxylic acids is 1. The third-order valence-electron chi connectivity index (χ3n) is 3.94. The number of carbonyl (C=O) groups is 1. The Morgan fingerprint density at radius 3 is 2.71 bits per heavy atom. The lowest BCUT2D eigenvalue weighted by Crippen LogP contribution is -2.40. The largest absolute Gasteiger partial charge is 0.459 e. The van der Waals surface area contributed by atoms with Gasteiger partial charge in [0.15, 0.2) is 0 Å². The van der Waals surface area contributed by atoms with Crippen molar-refractivity contribution in [3.63, 3.8) is 0 Å². The molecule has 0 bridgehead atoms. The van der Waals surface area contributed by atoms with Crippen LogP contribution in [-0.4, -0.2) is 44.5 Å². The van der Waals surface area contributed by atoms with Gasteiger partial charge in [-0.2, -0.15) is 0 Å². The number of methoxy groups -OCH3 is 1. The second-order valence-corrected chi connectivity index (χ2v) is 6.41. The molecule has 0 spiro atoms. The van der Waals surface area contributed by atoms with Crippen LogP contribution < -0.4 is 5.73 Å². The van der Waals surface area contributed by atoms with Crippen LogP contribution >= 0.6 is 0 Å². The molecule has 21 heavy (non-hydrogen) atoms. The molecule has 5 nitrogen and oxygen atoms in total. The van der Waals surface area contributed by atoms with Gasteiger partial charge in [-0.05, 0) is 38.0 Å². The van der Waals surface area contributed by atoms with Crippen molar-refractivity contribution < 1.29 is 19.0 Å². The molecule has 0 aromatic rings. The third kappa shape index (κ3) is 6.32. The molecule has 0 aromatic heterocycles. The van der Waals surface area contributed by atoms with Crippen LogP contribution in [0, 0.1) is 11.8 Å². The van der Waals surface area contributed by atoms with Crippen molar-refractivity contribution in [3.05, 3.63) is 0 Å². The number of esters is 1. The zero-order valence-electron chi connectivity index (χ0n) is 13.8. The van der Waals surface area contributed by atoms with Crippen molar-refractivity contribution in [2.75, 3.05) is 20.3 Å². The molecule has 1 fully saturated rings. The van der Waals surface area contributed by atoms with E-state index in [1.165, 1.54) is 0 Å². The van der Waals surface area contributed by atoms with Gasteiger partial charge >= 0.3 is 5.97 Å². The average molecular weight is 301 g/mol. The van der Waals surface area contributed by atoms with Crippen LogP contribution in [-0.2, 0) is 19.0 Å². The minimum atomic E-state index is -0.514. The molecule has 0 radical (unpaired) electrons. The fraction of sp³-hybridized carbons (Fsp3) is 0.938. The molecule has 1 aliphatic heterocycles. The van der Waals surface area contributed by atoms with Gasteiger partial charge in [-0.3, -0.25) is 4.79 Å². The topological polar surface area (TPSA) is 70.8 Å². The Labute approximate surface area is 128 Å². The average Bonchev–Trinajstić information content (AvgIpc) is 2.46. The van der Waals surface area contributed by atoms with Crippen LogP contribution in [0.15, 0.2) is 0 Å². The summed E-state index contributed by atoms with van der Waals surface area (Å²) in [5.41, 5.74) is 5.85. The summed E-state index contributed by atoms with van der Waals surface area (Å²) in [6, 6.07) is -0.514. The van der Waals surface area contributed by atoms with E-state index < -0.39 is 6.04 Å². The highest BCUT2D eigenvalue weighted by atomic mass is 16.6. The zero-order valence-corrected chi connectivity index (χ0v) is 13.8. The van der Waals surface area contributed by atoms with Gasteiger partial charge in [0, 0.05) is 20.3 Å². The first kappa shape index (κ1) is 18.4. The molecule has 0 amide bonds. The van der Waals surface area contributed by atoms with Crippen LogP contribution in [0.2, 0.25) is 0 Å². The number of nitrogens with two attached hydrogens (primary N) is 1. The number of hydrogen-bond donors (Lipinski definition) is 1. The van der Waals surface area contributed by atoms with E-state index in [0.717, 1.165) is 19.3 Å². The summed E-state index contributed by atoms with van der Waals surface area (Å²) in [7, 11) is 1.71. The molecular formula is C16H31NO4. The molecule has 1 saturated heterocycles. The lowest BCUT2D eigenvalue weighted by atomic mass is 9.89. The first-order chi connectivity index (χ1) is 9.95. The predicted octanol–water partition coefficient (Wildman–Crippen LogP) is 2.12. The zero-order chi connectivity index (χ0) is 15.8. The minimum Gasteiger partial charge on any atom is -0.459 e. The highest BCUT2D eigenvalue weighted by Gasteiger charge is 2.33. The highest BCUT2D eigenvalue weighted by molar-refractivity contribution is 5.75. The van der Waals surface area contributed by atoms with E-state index in [2.05, 4.69) is 13.8 Å². The van der Waals surface area contributed by atoms with Crippen molar-refractivity contribution in [2.24, 2.45) is 17.6 Å². The summed E-state index contributed by atoms with van der Waals surface area (Å²) < 4.78 is 16.8. The molecule has 1 aliphatic rings. The first-order valence-corrected chi connectivity index (χ1v) is 8.02. The van der Waals surface area contributed by atoms with Gasteiger partial charge < -0.3 is 19.9 Å². The standard InChI is InChI=1S/C16H31NO4/c1-11(2)10-20-15-12(3)21-16(18)14(17)7-5-6-13(15)8-9-19-4/h11-15H,5-10,17H2,1-4H3/t12-,13+,14-,15-/m0/s1. The summed E-state index contributed by atoms with van der Waals surface area (Å²) in [5.74, 6) is 0.468. The smallest absolute Gasteiger partial charge is 0.323 e. The van der Waals surface area contributed by atoms with Crippen molar-refractivity contribution in [2.45, 2.75) is 64.7 Å². The molecule has 5 heteroatoms. The second kappa shape index (κ2) is 9.38. The van der Waals surface area contributed by atoms with Gasteiger partial charge in [-0.1, -0.05) is 20.3 Å². The van der Waals surface area contributed by atoms with Gasteiger partial charge in [0.05, 0.1) is 6.10 Å². The van der Waals surface area contributed by atoms with E-state index in [-0.39, 0.29) is 18.2 Å². The van der Waals surface area contributed by atoms with E-state index in [0.29, 0.717) is 31.5 Å². The van der Waals surface area contributed by atoms with Gasteiger partial charge in [-0.25, -0.2) is 0 Å². The maximum absolute atomic E-state index is 11.9. The van der Waals surface area contributed by atoms with Crippen LogP contribution in [0.4, 0.5) is 0 Å². The van der Waals surface area contributed by atoms with Gasteiger partial charge in [0.2, 0.25) is 0 Å². The molecule has 0 aliphatic carbocycles. The molecule has 4 atom stereocenters. The van der Waals surface area contributed by atoms with E-state index in [1.807, 2.05) is 6.92 Å². The minimum absolute atomic E-state index is 0.0863. The van der Waals surface area contributed by atoms with Crippen molar-refractivity contribution in [1.82, 2.24) is 0 Å². The molecule has 1 rings (SSSR count). The Balaban J connectivity index is 2.79. The second-order valence-electron chi connectivity index (χ2n) is 6.41. The molecule has 0 saturated carbocycles. The first-order valence-electron chi connectivity index (χ1n) is 8.02. The number of ether oxygens (including phenoxy) is 3. The maximum atomic E-state index is 11.9. The van der Waals surface area contributed by atoms with Crippen LogP contribution in [0.1, 0.15) is 46.5 Å². The van der Waals surface area contributed by atoms with Crippen molar-refractivity contribution in [3.8, 4) is 0 Å². The Morgan fingerprint density at radius 1 is 1.38 bits per heavy atom. The van der Waals surface area contributed by atoms with E-state index >= 15 is 0 Å². The fourth-order valence-corrected chi connectivity index (χ4v) is 2.76. The highest BCUT2D eigenvalue weighted by Crippen LogP contribution is 2.26.